The maximum atomic E-state index is 12.6. The molecule has 2 N–H and O–H groups in total. The highest BCUT2D eigenvalue weighted by molar-refractivity contribution is 7.89. The van der Waals surface area contributed by atoms with Gasteiger partial charge in [-0.2, -0.15) is 10.2 Å². The van der Waals surface area contributed by atoms with Gasteiger partial charge in [-0.05, 0) is 52.5 Å². The van der Waals surface area contributed by atoms with Gasteiger partial charge < -0.3 is 0 Å². The molecule has 2 aromatic heterocycles. The van der Waals surface area contributed by atoms with Gasteiger partial charge in [0.15, 0.2) is 0 Å². The summed E-state index contributed by atoms with van der Waals surface area (Å²) in [6.07, 6.45) is 2.77. The molecule has 0 radical (unpaired) electrons. The lowest BCUT2D eigenvalue weighted by molar-refractivity contribution is 0.284. The van der Waals surface area contributed by atoms with Crippen molar-refractivity contribution < 1.29 is 8.42 Å². The Morgan fingerprint density at radius 1 is 1.16 bits per heavy atom. The van der Waals surface area contributed by atoms with Crippen molar-refractivity contribution in [2.45, 2.75) is 63.4 Å². The Bertz CT molecular complexity index is 904. The summed E-state index contributed by atoms with van der Waals surface area (Å²) in [5, 5.41) is 11.0. The summed E-state index contributed by atoms with van der Waals surface area (Å²) in [5.74, 6) is 0. The molecule has 0 atom stereocenters. The van der Waals surface area contributed by atoms with Crippen molar-refractivity contribution in [2.24, 2.45) is 0 Å². The lowest BCUT2D eigenvalue weighted by Gasteiger charge is -2.29. The summed E-state index contributed by atoms with van der Waals surface area (Å²) in [4.78, 5) is 12.2. The molecule has 0 aromatic carbocycles. The van der Waals surface area contributed by atoms with Crippen molar-refractivity contribution in [1.82, 2.24) is 24.7 Å². The van der Waals surface area contributed by atoms with Crippen LogP contribution in [0.5, 0.6) is 0 Å². The molecule has 2 aromatic rings. The first kappa shape index (κ1) is 17.8. The Morgan fingerprint density at radius 3 is 2.44 bits per heavy atom. The number of rotatable bonds is 4. The third-order valence-corrected chi connectivity index (χ3v) is 6.43. The van der Waals surface area contributed by atoms with Crippen molar-refractivity contribution in [3.8, 4) is 0 Å². The maximum Gasteiger partial charge on any atom is 0.267 e. The molecule has 0 unspecified atom stereocenters. The predicted molar refractivity (Wildman–Crippen MR) is 92.9 cm³/mol. The zero-order valence-electron chi connectivity index (χ0n) is 14.6. The van der Waals surface area contributed by atoms with Crippen LogP contribution in [0.4, 0.5) is 0 Å². The van der Waals surface area contributed by atoms with Gasteiger partial charge in [0.1, 0.15) is 4.90 Å². The number of H-pyrrole nitrogens is 1. The molecule has 2 heterocycles. The lowest BCUT2D eigenvalue weighted by atomic mass is 9.92. The number of nitrogens with zero attached hydrogens (tertiary/aromatic N) is 3. The van der Waals surface area contributed by atoms with Gasteiger partial charge in [-0.3, -0.25) is 9.89 Å². The summed E-state index contributed by atoms with van der Waals surface area (Å²) in [6.45, 7) is 5.22. The number of hydrogen-bond acceptors (Lipinski definition) is 5. The lowest BCUT2D eigenvalue weighted by Crippen LogP contribution is -2.39. The van der Waals surface area contributed by atoms with Crippen LogP contribution in [-0.4, -0.2) is 34.4 Å². The van der Waals surface area contributed by atoms with E-state index in [0.717, 1.165) is 5.69 Å². The van der Waals surface area contributed by atoms with E-state index < -0.39 is 10.0 Å². The van der Waals surface area contributed by atoms with Crippen molar-refractivity contribution in [3.05, 3.63) is 39.6 Å². The number of aromatic nitrogens is 4. The standard InChI is InChI=1S/C16H23N5O3S/c1-10-4-9-15(22)21(19-10)14-7-5-13(6-8-14)20-25(23,24)16-11(2)17-18-12(16)3/h4,9,13-14,20H,5-8H2,1-3H3,(H,17,18). The van der Waals surface area contributed by atoms with Crippen LogP contribution in [0.15, 0.2) is 21.8 Å². The molecule has 1 saturated carbocycles. The molecule has 0 saturated heterocycles. The van der Waals surface area contributed by atoms with E-state index in [1.54, 1.807) is 19.9 Å². The fourth-order valence-electron chi connectivity index (χ4n) is 3.44. The zero-order chi connectivity index (χ0) is 18.2. The summed E-state index contributed by atoms with van der Waals surface area (Å²) >= 11 is 0. The van der Waals surface area contributed by atoms with Crippen molar-refractivity contribution in [1.29, 1.82) is 0 Å². The van der Waals surface area contributed by atoms with Crippen LogP contribution in [0.3, 0.4) is 0 Å². The molecule has 0 spiro atoms. The number of aryl methyl sites for hydroxylation is 3. The van der Waals surface area contributed by atoms with E-state index in [0.29, 0.717) is 37.1 Å². The molecule has 0 bridgehead atoms. The molecule has 1 fully saturated rings. The third-order valence-electron chi connectivity index (χ3n) is 4.65. The van der Waals surface area contributed by atoms with Gasteiger partial charge in [0.25, 0.3) is 5.56 Å². The minimum atomic E-state index is -3.60. The topological polar surface area (TPSA) is 110 Å². The smallest absolute Gasteiger partial charge is 0.267 e. The minimum Gasteiger partial charge on any atom is -0.281 e. The number of nitrogens with one attached hydrogen (secondary N) is 2. The van der Waals surface area contributed by atoms with Crippen LogP contribution >= 0.6 is 0 Å². The monoisotopic (exact) mass is 365 g/mol. The summed E-state index contributed by atoms with van der Waals surface area (Å²) in [5.41, 5.74) is 1.69. The predicted octanol–water partition coefficient (Wildman–Crippen LogP) is 1.35. The Hall–Kier alpha value is -2.00. The van der Waals surface area contributed by atoms with Gasteiger partial charge in [-0.1, -0.05) is 0 Å². The van der Waals surface area contributed by atoms with Crippen LogP contribution in [0.1, 0.15) is 48.8 Å². The minimum absolute atomic E-state index is 0.0190. The van der Waals surface area contributed by atoms with Crippen molar-refractivity contribution in [2.75, 3.05) is 0 Å². The molecular formula is C16H23N5O3S. The highest BCUT2D eigenvalue weighted by atomic mass is 32.2. The molecule has 0 aliphatic heterocycles. The number of hydrogen-bond donors (Lipinski definition) is 2. The largest absolute Gasteiger partial charge is 0.281 e. The van der Waals surface area contributed by atoms with Crippen LogP contribution in [0.25, 0.3) is 0 Å². The quantitative estimate of drug-likeness (QED) is 0.850. The number of sulfonamides is 1. The Balaban J connectivity index is 1.69. The zero-order valence-corrected chi connectivity index (χ0v) is 15.4. The van der Waals surface area contributed by atoms with E-state index in [2.05, 4.69) is 20.0 Å². The summed E-state index contributed by atoms with van der Waals surface area (Å²) in [7, 11) is -3.60. The maximum absolute atomic E-state index is 12.6. The summed E-state index contributed by atoms with van der Waals surface area (Å²) in [6, 6.07) is 3.11. The average Bonchev–Trinajstić information content (AvgIpc) is 2.90. The molecule has 3 rings (SSSR count). The normalized spacial score (nSPS) is 21.4. The molecule has 0 amide bonds. The Labute approximate surface area is 146 Å². The van der Waals surface area contributed by atoms with Gasteiger partial charge in [-0.25, -0.2) is 17.8 Å². The van der Waals surface area contributed by atoms with Gasteiger partial charge >= 0.3 is 0 Å². The van der Waals surface area contributed by atoms with E-state index >= 15 is 0 Å². The highest BCUT2D eigenvalue weighted by Gasteiger charge is 2.29. The highest BCUT2D eigenvalue weighted by Crippen LogP contribution is 2.28. The van der Waals surface area contributed by atoms with Crippen LogP contribution < -0.4 is 10.3 Å². The first-order valence-electron chi connectivity index (χ1n) is 8.38. The van der Waals surface area contributed by atoms with Gasteiger partial charge in [-0.15, -0.1) is 0 Å². The van der Waals surface area contributed by atoms with Gasteiger partial charge in [0, 0.05) is 12.1 Å². The Morgan fingerprint density at radius 2 is 1.84 bits per heavy atom. The first-order chi connectivity index (χ1) is 11.8. The van der Waals surface area contributed by atoms with Gasteiger partial charge in [0.2, 0.25) is 10.0 Å². The van der Waals surface area contributed by atoms with Crippen LogP contribution in [0, 0.1) is 20.8 Å². The van der Waals surface area contributed by atoms with Crippen LogP contribution in [0.2, 0.25) is 0 Å². The second kappa shape index (κ2) is 6.72. The molecule has 136 valence electrons. The average molecular weight is 365 g/mol. The second-order valence-corrected chi connectivity index (χ2v) is 8.30. The SMILES string of the molecule is Cc1ccc(=O)n(C2CCC(NS(=O)(=O)c3c(C)n[nH]c3C)CC2)n1. The Kier molecular flexibility index (Phi) is 4.79. The van der Waals surface area contributed by atoms with E-state index in [1.165, 1.54) is 10.7 Å². The fraction of sp³-hybridized carbons (Fsp3) is 0.562. The third kappa shape index (κ3) is 3.67. The molecule has 1 aliphatic carbocycles. The van der Waals surface area contributed by atoms with Crippen molar-refractivity contribution in [3.63, 3.8) is 0 Å². The summed E-state index contributed by atoms with van der Waals surface area (Å²) < 4.78 is 29.5. The number of aromatic amines is 1. The fourth-order valence-corrected chi connectivity index (χ4v) is 5.11. The molecule has 1 aliphatic rings. The van der Waals surface area contributed by atoms with E-state index in [-0.39, 0.29) is 22.5 Å². The van der Waals surface area contributed by atoms with E-state index in [9.17, 15) is 13.2 Å². The van der Waals surface area contributed by atoms with Crippen molar-refractivity contribution >= 4 is 10.0 Å². The molecule has 8 nitrogen and oxygen atoms in total. The second-order valence-electron chi connectivity index (χ2n) is 6.65. The first-order valence-corrected chi connectivity index (χ1v) is 9.86. The van der Waals surface area contributed by atoms with Crippen LogP contribution in [-0.2, 0) is 10.0 Å². The molecular weight excluding hydrogens is 342 g/mol. The van der Waals surface area contributed by atoms with Gasteiger partial charge in [0.05, 0.1) is 23.1 Å². The van der Waals surface area contributed by atoms with E-state index in [4.69, 9.17) is 0 Å². The molecule has 25 heavy (non-hydrogen) atoms. The molecule has 9 heteroatoms. The van der Waals surface area contributed by atoms with E-state index in [1.807, 2.05) is 6.92 Å².